The maximum Gasteiger partial charge on any atom is 0.408 e. The number of anilines is 1. The normalized spacial score (nSPS) is 13.8. The van der Waals surface area contributed by atoms with E-state index in [0.29, 0.717) is 32.4 Å². The molecule has 3 amide bonds. The van der Waals surface area contributed by atoms with Crippen molar-refractivity contribution in [1.29, 1.82) is 0 Å². The number of carbonyl (C=O) groups excluding carboxylic acids is 3. The van der Waals surface area contributed by atoms with Crippen LogP contribution in [-0.2, 0) is 20.9 Å². The Hall–Kier alpha value is -3.36. The van der Waals surface area contributed by atoms with Gasteiger partial charge in [-0.3, -0.25) is 9.59 Å². The molecule has 1 aliphatic rings. The van der Waals surface area contributed by atoms with Crippen molar-refractivity contribution >= 4 is 52.3 Å². The number of benzene rings is 2. The van der Waals surface area contributed by atoms with Crippen LogP contribution in [0.4, 0.5) is 10.5 Å². The SMILES string of the molecule is CN1C(=Cc2cc[n+](CCCCCC(=O)NCCNC(=O)C(CCCCN)NC(=O)OC(C)(C)C)c3ccccc23)Sc2ccccc21.[I-]. The number of hydrogen-bond donors (Lipinski definition) is 4. The Labute approximate surface area is 312 Å². The maximum absolute atomic E-state index is 12.7. The number of hydrogen-bond acceptors (Lipinski definition) is 7. The highest BCUT2D eigenvalue weighted by atomic mass is 127. The standard InChI is InChI=1S/C37H50N6O4S.HI/c1-37(2,3)47-36(46)41-29(15-11-12-21-38)35(45)40-23-22-39-33(44)19-6-5-13-24-43-25-20-27(28-14-7-8-16-30(28)43)26-34-42(4)31-17-9-10-18-32(31)48-34;/h7-10,14,16-18,20,25-26,29H,5-6,11-13,15,19,21-24,38H2,1-4H3,(H2-,39,40,41,44,45,46);1H. The number of nitrogens with one attached hydrogen (secondary N) is 3. The molecule has 0 saturated heterocycles. The Balaban J connectivity index is 0.00000650. The monoisotopic (exact) mass is 802 g/mol. The number of ether oxygens (including phenoxy) is 1. The zero-order valence-corrected chi connectivity index (χ0v) is 32.1. The van der Waals surface area contributed by atoms with E-state index in [-0.39, 0.29) is 42.3 Å². The van der Waals surface area contributed by atoms with Crippen LogP contribution in [0.2, 0.25) is 0 Å². The molecule has 1 unspecified atom stereocenters. The minimum absolute atomic E-state index is 0. The van der Waals surface area contributed by atoms with Crippen LogP contribution >= 0.6 is 11.8 Å². The third kappa shape index (κ3) is 12.5. The summed E-state index contributed by atoms with van der Waals surface area (Å²) in [6.45, 7) is 7.28. The van der Waals surface area contributed by atoms with E-state index in [1.807, 2.05) is 0 Å². The largest absolute Gasteiger partial charge is 1.00 e. The minimum Gasteiger partial charge on any atom is -1.00 e. The average molecular weight is 803 g/mol. The van der Waals surface area contributed by atoms with Crippen LogP contribution in [0.5, 0.6) is 0 Å². The summed E-state index contributed by atoms with van der Waals surface area (Å²) in [5, 5.41) is 10.8. The van der Waals surface area contributed by atoms with Crippen LogP contribution in [-0.4, -0.2) is 56.2 Å². The molecule has 2 heterocycles. The van der Waals surface area contributed by atoms with Gasteiger partial charge in [0.2, 0.25) is 17.3 Å². The molecule has 266 valence electrons. The molecule has 3 aromatic rings. The minimum atomic E-state index is -0.726. The molecule has 0 radical (unpaired) electrons. The van der Waals surface area contributed by atoms with E-state index in [1.165, 1.54) is 32.1 Å². The number of halogens is 1. The van der Waals surface area contributed by atoms with Crippen molar-refractivity contribution < 1.29 is 47.7 Å². The molecule has 1 aromatic heterocycles. The number of amides is 3. The lowest BCUT2D eigenvalue weighted by Crippen LogP contribution is -3.00. The molecular formula is C37H51IN6O4S. The fourth-order valence-electron chi connectivity index (χ4n) is 5.56. The van der Waals surface area contributed by atoms with Gasteiger partial charge in [-0.15, -0.1) is 0 Å². The Morgan fingerprint density at radius 3 is 2.45 bits per heavy atom. The zero-order chi connectivity index (χ0) is 34.5. The molecule has 0 bridgehead atoms. The zero-order valence-electron chi connectivity index (χ0n) is 29.1. The summed E-state index contributed by atoms with van der Waals surface area (Å²) in [5.41, 5.74) is 8.54. The summed E-state index contributed by atoms with van der Waals surface area (Å²) < 4.78 is 7.60. The Bertz CT molecular complexity index is 1590. The number of aromatic nitrogens is 1. The third-order valence-electron chi connectivity index (χ3n) is 8.01. The lowest BCUT2D eigenvalue weighted by atomic mass is 10.1. The highest BCUT2D eigenvalue weighted by Crippen LogP contribution is 2.45. The Morgan fingerprint density at radius 1 is 0.959 bits per heavy atom. The van der Waals surface area contributed by atoms with Crippen molar-refractivity contribution in [2.24, 2.45) is 5.73 Å². The van der Waals surface area contributed by atoms with Crippen LogP contribution in [0.3, 0.4) is 0 Å². The van der Waals surface area contributed by atoms with E-state index in [4.69, 9.17) is 10.5 Å². The number of unbranched alkanes of at least 4 members (excludes halogenated alkanes) is 3. The number of fused-ring (bicyclic) bond motifs is 2. The number of thioether (sulfide) groups is 1. The molecule has 1 atom stereocenters. The van der Waals surface area contributed by atoms with Gasteiger partial charge in [0.25, 0.3) is 0 Å². The Kier molecular flexibility index (Phi) is 16.1. The molecule has 0 spiro atoms. The number of aryl methyl sites for hydroxylation is 1. The Morgan fingerprint density at radius 2 is 1.69 bits per heavy atom. The van der Waals surface area contributed by atoms with Gasteiger partial charge in [-0.05, 0) is 89.3 Å². The number of nitrogens with zero attached hydrogens (tertiary/aromatic N) is 2. The number of alkyl carbamates (subject to hydrolysis) is 1. The first kappa shape index (κ1) is 40.1. The van der Waals surface area contributed by atoms with Gasteiger partial charge >= 0.3 is 6.09 Å². The van der Waals surface area contributed by atoms with Crippen LogP contribution < -0.4 is 55.1 Å². The van der Waals surface area contributed by atoms with Gasteiger partial charge in [0.1, 0.15) is 18.2 Å². The summed E-state index contributed by atoms with van der Waals surface area (Å²) in [6.07, 6.45) is 8.81. The number of rotatable bonds is 16. The molecule has 5 N–H and O–H groups in total. The highest BCUT2D eigenvalue weighted by Gasteiger charge is 2.24. The molecule has 49 heavy (non-hydrogen) atoms. The smallest absolute Gasteiger partial charge is 0.408 e. The topological polar surface area (TPSA) is 130 Å². The molecule has 0 fully saturated rings. The van der Waals surface area contributed by atoms with E-state index in [9.17, 15) is 14.4 Å². The fourth-order valence-corrected chi connectivity index (χ4v) is 6.67. The van der Waals surface area contributed by atoms with E-state index < -0.39 is 17.7 Å². The lowest BCUT2D eigenvalue weighted by Gasteiger charge is -2.23. The summed E-state index contributed by atoms with van der Waals surface area (Å²) in [5.74, 6) is -0.347. The van der Waals surface area contributed by atoms with Crippen molar-refractivity contribution in [2.45, 2.75) is 88.8 Å². The van der Waals surface area contributed by atoms with Crippen molar-refractivity contribution in [3.8, 4) is 0 Å². The second-order valence-electron chi connectivity index (χ2n) is 13.0. The first-order valence-corrected chi connectivity index (χ1v) is 17.7. The molecule has 0 aliphatic carbocycles. The maximum atomic E-state index is 12.7. The summed E-state index contributed by atoms with van der Waals surface area (Å²) in [4.78, 5) is 40.9. The van der Waals surface area contributed by atoms with Gasteiger partial charge in [-0.25, -0.2) is 4.79 Å². The van der Waals surface area contributed by atoms with Gasteiger partial charge in [0, 0.05) is 50.0 Å². The van der Waals surface area contributed by atoms with Gasteiger partial charge in [-0.1, -0.05) is 36.0 Å². The average Bonchev–Trinajstić information content (AvgIpc) is 3.37. The molecule has 1 aliphatic heterocycles. The first-order valence-electron chi connectivity index (χ1n) is 16.9. The van der Waals surface area contributed by atoms with Crippen LogP contribution in [0.1, 0.15) is 71.3 Å². The summed E-state index contributed by atoms with van der Waals surface area (Å²) in [7, 11) is 2.12. The molecule has 2 aromatic carbocycles. The van der Waals surface area contributed by atoms with Crippen molar-refractivity contribution in [1.82, 2.24) is 16.0 Å². The van der Waals surface area contributed by atoms with Crippen LogP contribution in [0.25, 0.3) is 17.0 Å². The lowest BCUT2D eigenvalue weighted by molar-refractivity contribution is -0.671. The van der Waals surface area contributed by atoms with Gasteiger partial charge in [0.05, 0.1) is 16.1 Å². The number of para-hydroxylation sites is 2. The second-order valence-corrected chi connectivity index (χ2v) is 14.1. The van der Waals surface area contributed by atoms with E-state index in [2.05, 4.69) is 99.3 Å². The van der Waals surface area contributed by atoms with Crippen molar-refractivity contribution in [2.75, 3.05) is 31.6 Å². The van der Waals surface area contributed by atoms with E-state index in [0.717, 1.165) is 32.2 Å². The van der Waals surface area contributed by atoms with Crippen molar-refractivity contribution in [3.05, 3.63) is 71.4 Å². The number of pyridine rings is 1. The quantitative estimate of drug-likeness (QED) is 0.0997. The predicted molar refractivity (Wildman–Crippen MR) is 193 cm³/mol. The predicted octanol–water partition coefficient (Wildman–Crippen LogP) is 2.49. The van der Waals surface area contributed by atoms with Gasteiger partial charge < -0.3 is 55.3 Å². The van der Waals surface area contributed by atoms with E-state index >= 15 is 0 Å². The van der Waals surface area contributed by atoms with E-state index in [1.54, 1.807) is 32.5 Å². The second kappa shape index (κ2) is 19.7. The van der Waals surface area contributed by atoms with Gasteiger partial charge in [-0.2, -0.15) is 4.57 Å². The highest BCUT2D eigenvalue weighted by molar-refractivity contribution is 8.03. The molecule has 10 nitrogen and oxygen atoms in total. The van der Waals surface area contributed by atoms with Crippen LogP contribution in [0.15, 0.2) is 70.7 Å². The summed E-state index contributed by atoms with van der Waals surface area (Å²) in [6, 6.07) is 18.4. The molecule has 4 rings (SSSR count). The number of nitrogens with two attached hydrogens (primary N) is 1. The van der Waals surface area contributed by atoms with Gasteiger partial charge in [0.15, 0.2) is 6.20 Å². The third-order valence-corrected chi connectivity index (χ3v) is 9.18. The molecule has 0 saturated carbocycles. The number of carbonyl (C=O) groups is 3. The molecule has 12 heteroatoms. The first-order chi connectivity index (χ1) is 23.1. The fraction of sp³-hybridized carbons (Fsp3) is 0.459. The summed E-state index contributed by atoms with van der Waals surface area (Å²) >= 11 is 1.80. The molecular weight excluding hydrogens is 751 g/mol. The van der Waals surface area contributed by atoms with Crippen LogP contribution in [0, 0.1) is 0 Å². The van der Waals surface area contributed by atoms with Crippen molar-refractivity contribution in [3.63, 3.8) is 0 Å².